The average molecular weight is 463 g/mol. The molecule has 0 radical (unpaired) electrons. The van der Waals surface area contributed by atoms with Crippen LogP contribution in [0.2, 0.25) is 0 Å². The van der Waals surface area contributed by atoms with Crippen molar-refractivity contribution in [3.63, 3.8) is 0 Å². The van der Waals surface area contributed by atoms with E-state index in [-0.39, 0.29) is 6.42 Å². The Balaban J connectivity index is 1.44. The van der Waals surface area contributed by atoms with Crippen molar-refractivity contribution in [2.24, 2.45) is 5.92 Å². The molecule has 2 aromatic heterocycles. The van der Waals surface area contributed by atoms with Gasteiger partial charge in [0.25, 0.3) is 0 Å². The maximum atomic E-state index is 12.9. The molecule has 1 aliphatic rings. The molecule has 5 rings (SSSR count). The number of hydrogen-bond acceptors (Lipinski definition) is 2. The maximum absolute atomic E-state index is 12.9. The first-order chi connectivity index (χ1) is 16.5. The van der Waals surface area contributed by atoms with E-state index in [9.17, 15) is 8.78 Å². The predicted octanol–water partition coefficient (Wildman–Crippen LogP) is 6.27. The smallest absolute Gasteiger partial charge is 0.239 e. The van der Waals surface area contributed by atoms with Crippen molar-refractivity contribution >= 4 is 10.9 Å². The molecule has 0 bridgehead atoms. The van der Waals surface area contributed by atoms with Crippen LogP contribution in [0.25, 0.3) is 16.6 Å². The number of rotatable bonds is 7. The second-order valence-corrected chi connectivity index (χ2v) is 9.64. The van der Waals surface area contributed by atoms with Gasteiger partial charge in [0.1, 0.15) is 0 Å². The number of hydrogen-bond donors (Lipinski definition) is 1. The summed E-state index contributed by atoms with van der Waals surface area (Å²) < 4.78 is 27.7. The highest BCUT2D eigenvalue weighted by Crippen LogP contribution is 2.38. The lowest BCUT2D eigenvalue weighted by Gasteiger charge is -2.39. The Morgan fingerprint density at radius 1 is 1.12 bits per heavy atom. The molecule has 0 unspecified atom stereocenters. The van der Waals surface area contributed by atoms with Crippen LogP contribution in [0, 0.1) is 19.8 Å². The summed E-state index contributed by atoms with van der Waals surface area (Å²) >= 11 is 0. The third kappa shape index (κ3) is 4.64. The van der Waals surface area contributed by atoms with Gasteiger partial charge in [-0.3, -0.25) is 0 Å². The maximum Gasteiger partial charge on any atom is 0.239 e. The summed E-state index contributed by atoms with van der Waals surface area (Å²) in [5.74, 6) is 0.755. The normalized spacial score (nSPS) is 19.3. The lowest BCUT2D eigenvalue weighted by molar-refractivity contribution is 0.0957. The predicted molar refractivity (Wildman–Crippen MR) is 133 cm³/mol. The minimum Gasteiger partial charge on any atom is -0.361 e. The Labute approximate surface area is 199 Å². The highest BCUT2D eigenvalue weighted by atomic mass is 19.3. The number of likely N-dealkylation sites (tertiary alicyclic amines) is 1. The van der Waals surface area contributed by atoms with Crippen LogP contribution < -0.4 is 0 Å². The zero-order valence-electron chi connectivity index (χ0n) is 19.8. The molecule has 0 spiro atoms. The van der Waals surface area contributed by atoms with Crippen LogP contribution in [0.15, 0.2) is 61.1 Å². The zero-order chi connectivity index (χ0) is 23.7. The van der Waals surface area contributed by atoms with Gasteiger partial charge in [0.2, 0.25) is 6.43 Å². The van der Waals surface area contributed by atoms with E-state index < -0.39 is 6.43 Å². The molecule has 178 valence electrons. The van der Waals surface area contributed by atoms with Gasteiger partial charge in [-0.15, -0.1) is 0 Å². The number of aromatic amines is 1. The lowest BCUT2D eigenvalue weighted by Crippen LogP contribution is -2.41. The molecule has 2 atom stereocenters. The lowest BCUT2D eigenvalue weighted by atomic mass is 9.76. The number of halogens is 2. The number of piperidine rings is 1. The van der Waals surface area contributed by atoms with Crippen molar-refractivity contribution in [3.05, 3.63) is 83.3 Å². The van der Waals surface area contributed by atoms with Gasteiger partial charge in [-0.05, 0) is 91.6 Å². The van der Waals surface area contributed by atoms with Crippen LogP contribution in [0.3, 0.4) is 0 Å². The van der Waals surface area contributed by atoms with Gasteiger partial charge in [-0.1, -0.05) is 18.2 Å². The van der Waals surface area contributed by atoms with Gasteiger partial charge in [0, 0.05) is 49.0 Å². The SMILES string of the molecule is Cc1cc(C)c2[nH]ccc2c1C[C@@H]1CCN(CCC(F)F)C[C@H]1c1ccc(-n2cccn2)cc1. The van der Waals surface area contributed by atoms with Crippen molar-refractivity contribution in [2.45, 2.75) is 45.5 Å². The van der Waals surface area contributed by atoms with Crippen molar-refractivity contribution in [2.75, 3.05) is 19.6 Å². The first kappa shape index (κ1) is 22.8. The van der Waals surface area contributed by atoms with Crippen LogP contribution in [0.5, 0.6) is 0 Å². The molecule has 6 heteroatoms. The van der Waals surface area contributed by atoms with Crippen LogP contribution >= 0.6 is 0 Å². The molecule has 0 aliphatic carbocycles. The summed E-state index contributed by atoms with van der Waals surface area (Å²) in [6.07, 6.45) is 5.43. The third-order valence-electron chi connectivity index (χ3n) is 7.44. The minimum atomic E-state index is -2.25. The molecule has 4 nitrogen and oxygen atoms in total. The van der Waals surface area contributed by atoms with E-state index >= 15 is 0 Å². The van der Waals surface area contributed by atoms with Crippen molar-refractivity contribution in [1.29, 1.82) is 0 Å². The number of benzene rings is 2. The Kier molecular flexibility index (Phi) is 6.50. The topological polar surface area (TPSA) is 36.9 Å². The van der Waals surface area contributed by atoms with Crippen molar-refractivity contribution in [3.8, 4) is 5.69 Å². The fourth-order valence-electron chi connectivity index (χ4n) is 5.65. The van der Waals surface area contributed by atoms with Gasteiger partial charge < -0.3 is 9.88 Å². The van der Waals surface area contributed by atoms with E-state index in [4.69, 9.17) is 0 Å². The Hall–Kier alpha value is -2.99. The number of nitrogens with one attached hydrogen (secondary N) is 1. The van der Waals surface area contributed by atoms with Crippen LogP contribution in [0.4, 0.5) is 8.78 Å². The molecular weight excluding hydrogens is 430 g/mol. The number of fused-ring (bicyclic) bond motifs is 1. The highest BCUT2D eigenvalue weighted by Gasteiger charge is 2.31. The molecule has 3 heterocycles. The van der Waals surface area contributed by atoms with Gasteiger partial charge in [0.15, 0.2) is 0 Å². The second kappa shape index (κ2) is 9.71. The molecule has 1 N–H and O–H groups in total. The molecule has 0 saturated carbocycles. The van der Waals surface area contributed by atoms with Crippen LogP contribution in [-0.2, 0) is 6.42 Å². The average Bonchev–Trinajstić information content (AvgIpc) is 3.54. The summed E-state index contributed by atoms with van der Waals surface area (Å²) in [6.45, 7) is 6.51. The van der Waals surface area contributed by atoms with E-state index in [0.29, 0.717) is 18.4 Å². The van der Waals surface area contributed by atoms with E-state index in [1.165, 1.54) is 33.2 Å². The number of nitrogens with zero attached hydrogens (tertiary/aromatic N) is 3. The van der Waals surface area contributed by atoms with E-state index in [1.54, 1.807) is 6.20 Å². The van der Waals surface area contributed by atoms with E-state index in [2.05, 4.69) is 65.2 Å². The van der Waals surface area contributed by atoms with E-state index in [1.807, 2.05) is 23.1 Å². The summed E-state index contributed by atoms with van der Waals surface area (Å²) in [7, 11) is 0. The Morgan fingerprint density at radius 2 is 1.94 bits per heavy atom. The molecular formula is C28H32F2N4. The summed E-state index contributed by atoms with van der Waals surface area (Å²) in [6, 6.07) is 15.0. The fourth-order valence-corrected chi connectivity index (χ4v) is 5.65. The second-order valence-electron chi connectivity index (χ2n) is 9.64. The molecule has 1 fully saturated rings. The van der Waals surface area contributed by atoms with Gasteiger partial charge in [0.05, 0.1) is 5.69 Å². The summed E-state index contributed by atoms with van der Waals surface area (Å²) in [4.78, 5) is 5.63. The Morgan fingerprint density at radius 3 is 2.68 bits per heavy atom. The molecule has 34 heavy (non-hydrogen) atoms. The van der Waals surface area contributed by atoms with Crippen LogP contribution in [-0.4, -0.2) is 45.7 Å². The number of aromatic nitrogens is 3. The quantitative estimate of drug-likeness (QED) is 0.351. The van der Waals surface area contributed by atoms with Gasteiger partial charge in [-0.2, -0.15) is 5.10 Å². The standard InChI is InChI=1S/C28H32F2N4/c1-19-16-20(2)28-24(8-12-31-28)25(19)17-22-9-14-33(15-10-27(29)30)18-26(22)21-4-6-23(7-5-21)34-13-3-11-32-34/h3-8,11-13,16,22,26-27,31H,9-10,14-15,17-18H2,1-2H3/t22-,26-/m0/s1. The molecule has 2 aromatic carbocycles. The van der Waals surface area contributed by atoms with Crippen molar-refractivity contribution in [1.82, 2.24) is 19.7 Å². The number of aryl methyl sites for hydroxylation is 2. The monoisotopic (exact) mass is 462 g/mol. The fraction of sp³-hybridized carbons (Fsp3) is 0.393. The third-order valence-corrected chi connectivity index (χ3v) is 7.44. The molecule has 0 amide bonds. The van der Waals surface area contributed by atoms with Gasteiger partial charge in [-0.25, -0.2) is 13.5 Å². The number of alkyl halides is 2. The molecule has 1 saturated heterocycles. The summed E-state index contributed by atoms with van der Waals surface area (Å²) in [5.41, 5.74) is 7.53. The number of H-pyrrole nitrogens is 1. The molecule has 1 aliphatic heterocycles. The van der Waals surface area contributed by atoms with Crippen LogP contribution in [0.1, 0.15) is 41.0 Å². The first-order valence-corrected chi connectivity index (χ1v) is 12.2. The Bertz CT molecular complexity index is 1230. The van der Waals surface area contributed by atoms with Gasteiger partial charge >= 0.3 is 0 Å². The van der Waals surface area contributed by atoms with E-state index in [0.717, 1.165) is 31.6 Å². The first-order valence-electron chi connectivity index (χ1n) is 12.2. The molecule has 4 aromatic rings. The minimum absolute atomic E-state index is 0.0589. The van der Waals surface area contributed by atoms with Crippen molar-refractivity contribution < 1.29 is 8.78 Å². The largest absolute Gasteiger partial charge is 0.361 e. The zero-order valence-corrected chi connectivity index (χ0v) is 19.8. The summed E-state index contributed by atoms with van der Waals surface area (Å²) in [5, 5.41) is 5.64. The highest BCUT2D eigenvalue weighted by molar-refractivity contribution is 5.87.